The van der Waals surface area contributed by atoms with Crippen LogP contribution in [0.3, 0.4) is 0 Å². The highest BCUT2D eigenvalue weighted by Gasteiger charge is 2.32. The van der Waals surface area contributed by atoms with Crippen molar-refractivity contribution in [2.24, 2.45) is 0 Å². The number of carbonyl (C=O) groups is 1. The van der Waals surface area contributed by atoms with E-state index in [2.05, 4.69) is 11.3 Å². The van der Waals surface area contributed by atoms with Crippen molar-refractivity contribution >= 4 is 5.97 Å². The molecule has 0 rings (SSSR count). The average Bonchev–Trinajstić information content (AvgIpc) is 2.15. The van der Waals surface area contributed by atoms with Gasteiger partial charge in [0, 0.05) is 12.5 Å². The van der Waals surface area contributed by atoms with Gasteiger partial charge in [-0.1, -0.05) is 6.58 Å². The van der Waals surface area contributed by atoms with Gasteiger partial charge in [0.2, 0.25) is 0 Å². The first kappa shape index (κ1) is 13.1. The lowest BCUT2D eigenvalue weighted by atomic mass is 10.1. The van der Waals surface area contributed by atoms with Gasteiger partial charge in [0.1, 0.15) is 6.10 Å². The normalized spacial score (nSPS) is 13.4. The van der Waals surface area contributed by atoms with E-state index < -0.39 is 30.9 Å². The number of aliphatic hydroxyl groups excluding tert-OH is 2. The summed E-state index contributed by atoms with van der Waals surface area (Å²) >= 11 is 0. The zero-order valence-electron chi connectivity index (χ0n) is 7.59. The SMILES string of the molecule is C=CC(=O)OCCC(O)(O)C(O)CO. The van der Waals surface area contributed by atoms with Crippen LogP contribution in [0, 0.1) is 0 Å². The summed E-state index contributed by atoms with van der Waals surface area (Å²) in [7, 11) is 0. The molecule has 0 spiro atoms. The Morgan fingerprint density at radius 2 is 2.14 bits per heavy atom. The van der Waals surface area contributed by atoms with Crippen LogP contribution in [0.1, 0.15) is 6.42 Å². The molecule has 6 nitrogen and oxygen atoms in total. The van der Waals surface area contributed by atoms with Crippen LogP contribution in [-0.2, 0) is 9.53 Å². The molecule has 0 aliphatic heterocycles. The summed E-state index contributed by atoms with van der Waals surface area (Å²) in [6, 6.07) is 0. The van der Waals surface area contributed by atoms with Crippen molar-refractivity contribution < 1.29 is 30.0 Å². The molecule has 0 aromatic heterocycles. The van der Waals surface area contributed by atoms with Gasteiger partial charge in [-0.3, -0.25) is 0 Å². The average molecular weight is 206 g/mol. The van der Waals surface area contributed by atoms with Crippen molar-refractivity contribution in [2.75, 3.05) is 13.2 Å². The maximum atomic E-state index is 10.5. The summed E-state index contributed by atoms with van der Waals surface area (Å²) in [5.74, 6) is -3.16. The van der Waals surface area contributed by atoms with E-state index in [4.69, 9.17) is 20.4 Å². The highest BCUT2D eigenvalue weighted by Crippen LogP contribution is 2.11. The number of esters is 1. The first-order chi connectivity index (χ1) is 6.44. The quantitative estimate of drug-likeness (QED) is 0.231. The standard InChI is InChI=1S/C8H14O6/c1-2-7(11)14-4-3-8(12,13)6(10)5-9/h2,6,9-10,12-13H,1,3-5H2. The van der Waals surface area contributed by atoms with Gasteiger partial charge in [-0.2, -0.15) is 0 Å². The molecule has 4 N–H and O–H groups in total. The Kier molecular flexibility index (Phi) is 5.32. The van der Waals surface area contributed by atoms with E-state index in [0.717, 1.165) is 6.08 Å². The minimum absolute atomic E-state index is 0.283. The molecule has 0 aromatic rings. The molecule has 0 radical (unpaired) electrons. The second-order valence-electron chi connectivity index (χ2n) is 2.70. The third-order valence-corrected chi connectivity index (χ3v) is 1.59. The van der Waals surface area contributed by atoms with E-state index in [0.29, 0.717) is 0 Å². The third-order valence-electron chi connectivity index (χ3n) is 1.59. The predicted molar refractivity (Wildman–Crippen MR) is 46.0 cm³/mol. The van der Waals surface area contributed by atoms with Gasteiger partial charge in [0.15, 0.2) is 5.79 Å². The molecule has 1 unspecified atom stereocenters. The molecule has 0 saturated carbocycles. The second kappa shape index (κ2) is 5.71. The number of ether oxygens (including phenoxy) is 1. The summed E-state index contributed by atoms with van der Waals surface area (Å²) < 4.78 is 4.45. The Bertz CT molecular complexity index is 200. The minimum atomic E-state index is -2.46. The predicted octanol–water partition coefficient (Wildman–Crippen LogP) is -1.86. The minimum Gasteiger partial charge on any atom is -0.462 e. The van der Waals surface area contributed by atoms with Crippen LogP contribution in [-0.4, -0.2) is 51.5 Å². The van der Waals surface area contributed by atoms with Gasteiger partial charge in [0.25, 0.3) is 0 Å². The van der Waals surface area contributed by atoms with E-state index in [1.807, 2.05) is 0 Å². The number of hydrogen-bond acceptors (Lipinski definition) is 6. The molecule has 0 amide bonds. The van der Waals surface area contributed by atoms with Crippen molar-refractivity contribution in [2.45, 2.75) is 18.3 Å². The molecular weight excluding hydrogens is 192 g/mol. The molecule has 0 fully saturated rings. The fourth-order valence-electron chi connectivity index (χ4n) is 0.674. The number of rotatable bonds is 6. The summed E-state index contributed by atoms with van der Waals surface area (Å²) in [5.41, 5.74) is 0. The van der Waals surface area contributed by atoms with Gasteiger partial charge in [-0.15, -0.1) is 0 Å². The van der Waals surface area contributed by atoms with Gasteiger partial charge in [-0.25, -0.2) is 4.79 Å². The number of hydrogen-bond donors (Lipinski definition) is 4. The summed E-state index contributed by atoms with van der Waals surface area (Å²) in [5, 5.41) is 35.5. The van der Waals surface area contributed by atoms with Crippen molar-refractivity contribution in [1.82, 2.24) is 0 Å². The molecule has 82 valence electrons. The maximum absolute atomic E-state index is 10.5. The van der Waals surface area contributed by atoms with Crippen LogP contribution in [0.25, 0.3) is 0 Å². The van der Waals surface area contributed by atoms with E-state index in [9.17, 15) is 4.79 Å². The Morgan fingerprint density at radius 1 is 1.57 bits per heavy atom. The second-order valence-corrected chi connectivity index (χ2v) is 2.70. The lowest BCUT2D eigenvalue weighted by Crippen LogP contribution is -2.45. The topological polar surface area (TPSA) is 107 Å². The fraction of sp³-hybridized carbons (Fsp3) is 0.625. The van der Waals surface area contributed by atoms with Gasteiger partial charge in [0.05, 0.1) is 13.2 Å². The van der Waals surface area contributed by atoms with E-state index >= 15 is 0 Å². The molecule has 0 saturated heterocycles. The molecule has 0 bridgehead atoms. The van der Waals surface area contributed by atoms with Crippen molar-refractivity contribution in [3.05, 3.63) is 12.7 Å². The Balaban J connectivity index is 3.87. The van der Waals surface area contributed by atoms with Crippen LogP contribution >= 0.6 is 0 Å². The van der Waals surface area contributed by atoms with Crippen molar-refractivity contribution in [3.8, 4) is 0 Å². The first-order valence-corrected chi connectivity index (χ1v) is 3.97. The monoisotopic (exact) mass is 206 g/mol. The van der Waals surface area contributed by atoms with Crippen LogP contribution in [0.15, 0.2) is 12.7 Å². The lowest BCUT2D eigenvalue weighted by Gasteiger charge is -2.25. The van der Waals surface area contributed by atoms with Crippen molar-refractivity contribution in [1.29, 1.82) is 0 Å². The number of aliphatic hydroxyl groups is 4. The van der Waals surface area contributed by atoms with Crippen molar-refractivity contribution in [3.63, 3.8) is 0 Å². The zero-order valence-corrected chi connectivity index (χ0v) is 7.59. The third kappa shape index (κ3) is 4.33. The maximum Gasteiger partial charge on any atom is 0.330 e. The fourth-order valence-corrected chi connectivity index (χ4v) is 0.674. The van der Waals surface area contributed by atoms with E-state index in [-0.39, 0.29) is 6.61 Å². The summed E-state index contributed by atoms with van der Waals surface area (Å²) in [6.45, 7) is 2.07. The molecule has 0 heterocycles. The van der Waals surface area contributed by atoms with E-state index in [1.54, 1.807) is 0 Å². The molecular formula is C8H14O6. The summed E-state index contributed by atoms with van der Waals surface area (Å²) in [6.07, 6.45) is -1.15. The van der Waals surface area contributed by atoms with Crippen LogP contribution in [0.2, 0.25) is 0 Å². The largest absolute Gasteiger partial charge is 0.462 e. The molecule has 6 heteroatoms. The van der Waals surface area contributed by atoms with Gasteiger partial charge in [-0.05, 0) is 0 Å². The molecule has 0 aromatic carbocycles. The van der Waals surface area contributed by atoms with Crippen LogP contribution in [0.5, 0.6) is 0 Å². The van der Waals surface area contributed by atoms with E-state index in [1.165, 1.54) is 0 Å². The molecule has 1 atom stereocenters. The number of carbonyl (C=O) groups excluding carboxylic acids is 1. The summed E-state index contributed by atoms with van der Waals surface area (Å²) in [4.78, 5) is 10.5. The highest BCUT2D eigenvalue weighted by molar-refractivity contribution is 5.81. The Morgan fingerprint density at radius 3 is 2.57 bits per heavy atom. The lowest BCUT2D eigenvalue weighted by molar-refractivity contribution is -0.240. The first-order valence-electron chi connectivity index (χ1n) is 3.97. The smallest absolute Gasteiger partial charge is 0.330 e. The molecule has 0 aliphatic rings. The van der Waals surface area contributed by atoms with Crippen LogP contribution < -0.4 is 0 Å². The van der Waals surface area contributed by atoms with Crippen LogP contribution in [0.4, 0.5) is 0 Å². The Labute approximate surface area is 81.1 Å². The molecule has 0 aliphatic carbocycles. The van der Waals surface area contributed by atoms with Gasteiger partial charge < -0.3 is 25.2 Å². The zero-order chi connectivity index (χ0) is 11.2. The Hall–Kier alpha value is -0.950. The van der Waals surface area contributed by atoms with Gasteiger partial charge >= 0.3 is 5.97 Å². The molecule has 14 heavy (non-hydrogen) atoms. The highest BCUT2D eigenvalue weighted by atomic mass is 16.5.